The molecule has 9 nitrogen and oxygen atoms in total. The van der Waals surface area contributed by atoms with Gasteiger partial charge in [0.25, 0.3) is 0 Å². The topological polar surface area (TPSA) is 98.1 Å². The van der Waals surface area contributed by atoms with Crippen LogP contribution in [0.1, 0.15) is 25.7 Å². The van der Waals surface area contributed by atoms with Crippen LogP contribution in [0.3, 0.4) is 0 Å². The third-order valence-corrected chi connectivity index (χ3v) is 6.36. The van der Waals surface area contributed by atoms with Crippen molar-refractivity contribution in [1.29, 1.82) is 0 Å². The van der Waals surface area contributed by atoms with Gasteiger partial charge >= 0.3 is 0 Å². The van der Waals surface area contributed by atoms with E-state index < -0.39 is 0 Å². The Morgan fingerprint density at radius 2 is 1.87 bits per heavy atom. The van der Waals surface area contributed by atoms with E-state index in [4.69, 9.17) is 4.74 Å². The molecule has 162 valence electrons. The van der Waals surface area contributed by atoms with Crippen LogP contribution in [0.5, 0.6) is 0 Å². The molecule has 0 radical (unpaired) electrons. The normalized spacial score (nSPS) is 22.5. The molecule has 1 saturated carbocycles. The van der Waals surface area contributed by atoms with Crippen LogP contribution in [0, 0.1) is 5.92 Å². The second kappa shape index (κ2) is 8.68. The number of nitrogens with zero attached hydrogens (tertiary/aromatic N) is 6. The SMILES string of the molecule is Cn1cc(-c2ccc3nnc(NC(=O)C4CCC(N5CCOCC5)CC4)cc3c2)nn1. The summed E-state index contributed by atoms with van der Waals surface area (Å²) in [6.07, 6.45) is 5.80. The minimum absolute atomic E-state index is 0.0284. The van der Waals surface area contributed by atoms with Gasteiger partial charge in [-0.3, -0.25) is 14.4 Å². The fraction of sp³-hybridized carbons (Fsp3) is 0.500. The molecule has 3 heterocycles. The van der Waals surface area contributed by atoms with Gasteiger partial charge in [0.1, 0.15) is 5.69 Å². The van der Waals surface area contributed by atoms with Crippen molar-refractivity contribution in [3.63, 3.8) is 0 Å². The van der Waals surface area contributed by atoms with Crippen molar-refractivity contribution < 1.29 is 9.53 Å². The molecule has 3 aromatic rings. The first kappa shape index (κ1) is 20.0. The first-order chi connectivity index (χ1) is 15.2. The number of carbonyl (C=O) groups is 1. The van der Waals surface area contributed by atoms with Crippen LogP contribution in [0.15, 0.2) is 30.5 Å². The van der Waals surface area contributed by atoms with Gasteiger partial charge in [-0.2, -0.15) is 0 Å². The van der Waals surface area contributed by atoms with Crippen molar-refractivity contribution in [1.82, 2.24) is 30.1 Å². The molecule has 0 spiro atoms. The van der Waals surface area contributed by atoms with Gasteiger partial charge in [-0.25, -0.2) is 0 Å². The molecule has 1 aliphatic carbocycles. The number of benzene rings is 1. The first-order valence-electron chi connectivity index (χ1n) is 10.9. The lowest BCUT2D eigenvalue weighted by Gasteiger charge is -2.38. The molecule has 5 rings (SSSR count). The van der Waals surface area contributed by atoms with Crippen molar-refractivity contribution in [3.8, 4) is 11.3 Å². The molecular formula is C22H27N7O2. The zero-order chi connectivity index (χ0) is 21.2. The van der Waals surface area contributed by atoms with E-state index in [9.17, 15) is 4.79 Å². The Morgan fingerprint density at radius 1 is 1.06 bits per heavy atom. The number of morpholine rings is 1. The molecular weight excluding hydrogens is 394 g/mol. The number of fused-ring (bicyclic) bond motifs is 1. The summed E-state index contributed by atoms with van der Waals surface area (Å²) in [5.41, 5.74) is 2.52. The third-order valence-electron chi connectivity index (χ3n) is 6.36. The van der Waals surface area contributed by atoms with E-state index in [2.05, 4.69) is 30.7 Å². The van der Waals surface area contributed by atoms with E-state index >= 15 is 0 Å². The van der Waals surface area contributed by atoms with Crippen molar-refractivity contribution in [3.05, 3.63) is 30.5 Å². The first-order valence-corrected chi connectivity index (χ1v) is 10.9. The fourth-order valence-corrected chi connectivity index (χ4v) is 4.62. The highest BCUT2D eigenvalue weighted by Crippen LogP contribution is 2.29. The van der Waals surface area contributed by atoms with Crippen LogP contribution >= 0.6 is 0 Å². The molecule has 2 aromatic heterocycles. The number of aromatic nitrogens is 5. The molecule has 31 heavy (non-hydrogen) atoms. The van der Waals surface area contributed by atoms with E-state index in [1.165, 1.54) is 0 Å². The van der Waals surface area contributed by atoms with E-state index in [1.807, 2.05) is 37.5 Å². The number of hydrogen-bond donors (Lipinski definition) is 1. The molecule has 2 aliphatic rings. The quantitative estimate of drug-likeness (QED) is 0.690. The van der Waals surface area contributed by atoms with Crippen LogP contribution in [0.2, 0.25) is 0 Å². The maximum atomic E-state index is 12.8. The van der Waals surface area contributed by atoms with Gasteiger partial charge in [0.15, 0.2) is 5.82 Å². The summed E-state index contributed by atoms with van der Waals surface area (Å²) in [5.74, 6) is 0.559. The maximum absolute atomic E-state index is 12.8. The predicted octanol–water partition coefficient (Wildman–Crippen LogP) is 2.25. The van der Waals surface area contributed by atoms with Gasteiger partial charge < -0.3 is 10.1 Å². The number of carbonyl (C=O) groups excluding carboxylic acids is 1. The summed E-state index contributed by atoms with van der Waals surface area (Å²) in [6.45, 7) is 3.65. The van der Waals surface area contributed by atoms with Gasteiger partial charge in [-0.05, 0) is 43.9 Å². The Hall–Kier alpha value is -2.91. The summed E-state index contributed by atoms with van der Waals surface area (Å²) in [4.78, 5) is 15.4. The number of hydrogen-bond acceptors (Lipinski definition) is 7. The molecule has 0 bridgehead atoms. The molecule has 0 atom stereocenters. The molecule has 1 amide bonds. The third kappa shape index (κ3) is 4.42. The maximum Gasteiger partial charge on any atom is 0.228 e. The average molecular weight is 422 g/mol. The molecule has 1 aliphatic heterocycles. The summed E-state index contributed by atoms with van der Waals surface area (Å²) in [7, 11) is 1.84. The molecule has 9 heteroatoms. The van der Waals surface area contributed by atoms with E-state index in [1.54, 1.807) is 4.68 Å². The Kier molecular flexibility index (Phi) is 5.61. The number of amides is 1. The number of rotatable bonds is 4. The van der Waals surface area contributed by atoms with Crippen LogP contribution in [-0.4, -0.2) is 68.3 Å². The summed E-state index contributed by atoms with van der Waals surface area (Å²) < 4.78 is 7.12. The summed E-state index contributed by atoms with van der Waals surface area (Å²) in [6, 6.07) is 8.31. The van der Waals surface area contributed by atoms with Crippen molar-refractivity contribution in [2.75, 3.05) is 31.6 Å². The van der Waals surface area contributed by atoms with Gasteiger partial charge in [0.2, 0.25) is 5.91 Å². The highest BCUT2D eigenvalue weighted by Gasteiger charge is 2.30. The van der Waals surface area contributed by atoms with Gasteiger partial charge in [0.05, 0.1) is 24.9 Å². The summed E-state index contributed by atoms with van der Waals surface area (Å²) >= 11 is 0. The monoisotopic (exact) mass is 421 g/mol. The Morgan fingerprint density at radius 3 is 2.61 bits per heavy atom. The van der Waals surface area contributed by atoms with Gasteiger partial charge in [-0.15, -0.1) is 15.3 Å². The van der Waals surface area contributed by atoms with E-state index in [-0.39, 0.29) is 11.8 Å². The molecule has 1 saturated heterocycles. The lowest BCUT2D eigenvalue weighted by atomic mass is 9.84. The smallest absolute Gasteiger partial charge is 0.228 e. The zero-order valence-corrected chi connectivity index (χ0v) is 17.7. The van der Waals surface area contributed by atoms with E-state index in [0.29, 0.717) is 11.9 Å². The van der Waals surface area contributed by atoms with Gasteiger partial charge in [-0.1, -0.05) is 11.3 Å². The number of aryl methyl sites for hydroxylation is 1. The van der Waals surface area contributed by atoms with Crippen LogP contribution in [0.25, 0.3) is 22.2 Å². The number of anilines is 1. The highest BCUT2D eigenvalue weighted by atomic mass is 16.5. The van der Waals surface area contributed by atoms with E-state index in [0.717, 1.165) is 74.1 Å². The molecule has 1 aromatic carbocycles. The van der Waals surface area contributed by atoms with Crippen molar-refractivity contribution in [2.45, 2.75) is 31.7 Å². The van der Waals surface area contributed by atoms with Crippen LogP contribution in [0.4, 0.5) is 5.82 Å². The van der Waals surface area contributed by atoms with Crippen LogP contribution in [-0.2, 0) is 16.6 Å². The Labute approximate surface area is 180 Å². The summed E-state index contributed by atoms with van der Waals surface area (Å²) in [5, 5.41) is 20.5. The van der Waals surface area contributed by atoms with Crippen LogP contribution < -0.4 is 5.32 Å². The number of nitrogens with one attached hydrogen (secondary N) is 1. The Balaban J connectivity index is 1.24. The predicted molar refractivity (Wildman–Crippen MR) is 116 cm³/mol. The molecule has 0 unspecified atom stereocenters. The zero-order valence-electron chi connectivity index (χ0n) is 17.7. The lowest BCUT2D eigenvalue weighted by Crippen LogP contribution is -2.45. The van der Waals surface area contributed by atoms with Gasteiger partial charge in [0, 0.05) is 43.0 Å². The lowest BCUT2D eigenvalue weighted by molar-refractivity contribution is -0.121. The average Bonchev–Trinajstić information content (AvgIpc) is 3.25. The second-order valence-corrected chi connectivity index (χ2v) is 8.42. The van der Waals surface area contributed by atoms with Crippen molar-refractivity contribution >= 4 is 22.6 Å². The largest absolute Gasteiger partial charge is 0.379 e. The second-order valence-electron chi connectivity index (χ2n) is 8.42. The standard InChI is InChI=1S/C22H27N7O2/c1-28-14-20(25-27-28)16-4-7-19-17(12-16)13-21(26-24-19)23-22(30)15-2-5-18(6-3-15)29-8-10-31-11-9-29/h4,7,12-15,18H,2-3,5-6,8-11H2,1H3,(H,23,26,30). The minimum atomic E-state index is 0.0284. The fourth-order valence-electron chi connectivity index (χ4n) is 4.62. The highest BCUT2D eigenvalue weighted by molar-refractivity contribution is 5.94. The van der Waals surface area contributed by atoms with Crippen molar-refractivity contribution in [2.24, 2.45) is 13.0 Å². The minimum Gasteiger partial charge on any atom is -0.379 e. The Bertz CT molecular complexity index is 1070. The molecule has 1 N–H and O–H groups in total. The number of ether oxygens (including phenoxy) is 1. The molecule has 2 fully saturated rings.